The van der Waals surface area contributed by atoms with Gasteiger partial charge in [0, 0.05) is 11.7 Å². The number of hydrogen-bond acceptors (Lipinski definition) is 5. The molecular weight excluding hydrogens is 455 g/mol. The van der Waals surface area contributed by atoms with Crippen molar-refractivity contribution in [2.45, 2.75) is 51.8 Å². The van der Waals surface area contributed by atoms with Crippen LogP contribution in [0.1, 0.15) is 62.9 Å². The van der Waals surface area contributed by atoms with Gasteiger partial charge in [0.1, 0.15) is 17.1 Å². The Morgan fingerprint density at radius 1 is 0.833 bits per heavy atom. The van der Waals surface area contributed by atoms with Gasteiger partial charge in [-0.05, 0) is 68.1 Å². The zero-order chi connectivity index (χ0) is 25.9. The van der Waals surface area contributed by atoms with Gasteiger partial charge in [0.2, 0.25) is 0 Å². The third-order valence-electron chi connectivity index (χ3n) is 5.95. The van der Waals surface area contributed by atoms with Gasteiger partial charge in [0.15, 0.2) is 5.75 Å². The quantitative estimate of drug-likeness (QED) is 0.277. The average Bonchev–Trinajstić information content (AvgIpc) is 2.87. The summed E-state index contributed by atoms with van der Waals surface area (Å²) in [6.07, 6.45) is 0.858. The second-order valence-corrected chi connectivity index (χ2v) is 9.85. The van der Waals surface area contributed by atoms with Crippen LogP contribution >= 0.6 is 0 Å². The van der Waals surface area contributed by atoms with Crippen molar-refractivity contribution < 1.29 is 9.13 Å². The topological polar surface area (TPSA) is 67.4 Å². The van der Waals surface area contributed by atoms with E-state index in [-0.39, 0.29) is 29.3 Å². The van der Waals surface area contributed by atoms with E-state index in [4.69, 9.17) is 4.74 Å². The molecule has 6 heteroatoms. The summed E-state index contributed by atoms with van der Waals surface area (Å²) < 4.78 is 19.4. The number of hydrogen-bond donors (Lipinski definition) is 2. The normalized spacial score (nSPS) is 13.4. The van der Waals surface area contributed by atoms with Gasteiger partial charge < -0.3 is 10.1 Å². The van der Waals surface area contributed by atoms with Crippen molar-refractivity contribution >= 4 is 11.4 Å². The molecule has 0 radical (unpaired) electrons. The predicted octanol–water partition coefficient (Wildman–Crippen LogP) is 6.17. The van der Waals surface area contributed by atoms with Crippen LogP contribution in [-0.2, 0) is 0 Å². The molecule has 186 valence electrons. The molecule has 4 rings (SSSR count). The van der Waals surface area contributed by atoms with Gasteiger partial charge in [0.25, 0.3) is 10.9 Å². The van der Waals surface area contributed by atoms with Crippen molar-refractivity contribution in [3.8, 4) is 5.75 Å². The Labute approximate surface area is 210 Å². The van der Waals surface area contributed by atoms with Crippen molar-refractivity contribution in [2.24, 2.45) is 0 Å². The van der Waals surface area contributed by atoms with Gasteiger partial charge in [-0.2, -0.15) is 0 Å². The SMILES string of the molecule is CC[C@@H](NC(c1ccc(F)cc1)c1cccc(Nc2c(OC(C)(C)C)c(=O)c2=O)c1)c1ccccc1. The fraction of sp³-hybridized carbons (Fsp3) is 0.267. The Bertz CT molecular complexity index is 1380. The molecule has 0 aliphatic rings. The molecule has 0 heterocycles. The summed E-state index contributed by atoms with van der Waals surface area (Å²) in [5.41, 5.74) is 1.99. The third kappa shape index (κ3) is 5.71. The first-order valence-corrected chi connectivity index (χ1v) is 12.1. The predicted molar refractivity (Wildman–Crippen MR) is 142 cm³/mol. The highest BCUT2D eigenvalue weighted by atomic mass is 19.1. The molecule has 4 aromatic carbocycles. The zero-order valence-electron chi connectivity index (χ0n) is 21.0. The molecule has 0 aromatic heterocycles. The standard InChI is InChI=1S/C30H31FN2O3/c1-5-24(19-10-7-6-8-11-19)33-25(20-14-16-22(31)17-15-20)21-12-9-13-23(18-21)32-26-27(34)28(35)29(26)36-30(2,3)4/h6-18,24-25,32-33H,5H2,1-4H3/t24-,25?/m1/s1. The molecule has 0 fully saturated rings. The van der Waals surface area contributed by atoms with E-state index in [1.165, 1.54) is 12.1 Å². The summed E-state index contributed by atoms with van der Waals surface area (Å²) >= 11 is 0. The minimum absolute atomic E-state index is 0.0567. The fourth-order valence-corrected chi connectivity index (χ4v) is 4.20. The van der Waals surface area contributed by atoms with Gasteiger partial charge in [0.05, 0.1) is 6.04 Å². The Balaban J connectivity index is 1.68. The van der Waals surface area contributed by atoms with E-state index in [9.17, 15) is 14.0 Å². The largest absolute Gasteiger partial charge is 0.482 e. The Kier molecular flexibility index (Phi) is 7.36. The monoisotopic (exact) mass is 486 g/mol. The van der Waals surface area contributed by atoms with E-state index in [0.29, 0.717) is 5.69 Å². The highest BCUT2D eigenvalue weighted by Gasteiger charge is 2.27. The van der Waals surface area contributed by atoms with E-state index in [1.807, 2.05) is 63.2 Å². The van der Waals surface area contributed by atoms with Crippen molar-refractivity contribution in [1.82, 2.24) is 5.32 Å². The van der Waals surface area contributed by atoms with Crippen molar-refractivity contribution in [2.75, 3.05) is 5.32 Å². The average molecular weight is 487 g/mol. The van der Waals surface area contributed by atoms with Gasteiger partial charge in [-0.15, -0.1) is 0 Å². The molecule has 1 unspecified atom stereocenters. The minimum Gasteiger partial charge on any atom is -0.482 e. The maximum atomic E-state index is 13.7. The molecule has 0 bridgehead atoms. The molecule has 0 spiro atoms. The van der Waals surface area contributed by atoms with E-state index in [0.717, 1.165) is 23.1 Å². The number of halogens is 1. The maximum absolute atomic E-state index is 13.7. The third-order valence-corrected chi connectivity index (χ3v) is 5.95. The molecule has 2 N–H and O–H groups in total. The first kappa shape index (κ1) is 25.3. The van der Waals surface area contributed by atoms with E-state index in [1.54, 1.807) is 12.1 Å². The maximum Gasteiger partial charge on any atom is 0.272 e. The Morgan fingerprint density at radius 3 is 2.14 bits per heavy atom. The van der Waals surface area contributed by atoms with Crippen molar-refractivity contribution in [1.29, 1.82) is 0 Å². The van der Waals surface area contributed by atoms with Crippen LogP contribution in [0.2, 0.25) is 0 Å². The molecule has 5 nitrogen and oxygen atoms in total. The van der Waals surface area contributed by atoms with Crippen LogP contribution in [0.4, 0.5) is 15.8 Å². The summed E-state index contributed by atoms with van der Waals surface area (Å²) in [7, 11) is 0. The van der Waals surface area contributed by atoms with Gasteiger partial charge >= 0.3 is 0 Å². The van der Waals surface area contributed by atoms with Gasteiger partial charge in [-0.25, -0.2) is 4.39 Å². The Hall–Kier alpha value is -3.77. The number of nitrogens with one attached hydrogen (secondary N) is 2. The summed E-state index contributed by atoms with van der Waals surface area (Å²) in [5, 5.41) is 6.81. The van der Waals surface area contributed by atoms with Crippen LogP contribution in [0.5, 0.6) is 5.75 Å². The van der Waals surface area contributed by atoms with Crippen LogP contribution in [0.3, 0.4) is 0 Å². The van der Waals surface area contributed by atoms with Crippen molar-refractivity contribution in [3.05, 3.63) is 122 Å². The first-order valence-electron chi connectivity index (χ1n) is 12.1. The van der Waals surface area contributed by atoms with E-state index in [2.05, 4.69) is 29.7 Å². The lowest BCUT2D eigenvalue weighted by molar-refractivity contribution is 0.128. The molecule has 0 aliphatic heterocycles. The Morgan fingerprint density at radius 2 is 1.50 bits per heavy atom. The van der Waals surface area contributed by atoms with Crippen LogP contribution in [0.25, 0.3) is 0 Å². The molecule has 0 amide bonds. The molecule has 0 aliphatic carbocycles. The zero-order valence-corrected chi connectivity index (χ0v) is 21.0. The molecule has 36 heavy (non-hydrogen) atoms. The summed E-state index contributed by atoms with van der Waals surface area (Å²) in [5.74, 6) is -0.240. The van der Waals surface area contributed by atoms with Crippen LogP contribution in [-0.4, -0.2) is 5.60 Å². The van der Waals surface area contributed by atoms with Crippen LogP contribution in [0, 0.1) is 5.82 Å². The molecule has 0 saturated heterocycles. The number of rotatable bonds is 9. The molecule has 0 saturated carbocycles. The fourth-order valence-electron chi connectivity index (χ4n) is 4.20. The first-order chi connectivity index (χ1) is 17.2. The van der Waals surface area contributed by atoms with Crippen LogP contribution in [0.15, 0.2) is 88.5 Å². The molecule has 4 aromatic rings. The summed E-state index contributed by atoms with van der Waals surface area (Å²) in [6.45, 7) is 7.59. The second kappa shape index (κ2) is 10.5. The molecule has 2 atom stereocenters. The van der Waals surface area contributed by atoms with Crippen molar-refractivity contribution in [3.63, 3.8) is 0 Å². The van der Waals surface area contributed by atoms with Crippen LogP contribution < -0.4 is 26.2 Å². The minimum atomic E-state index is -0.622. The van der Waals surface area contributed by atoms with E-state index < -0.39 is 16.5 Å². The number of anilines is 2. The summed E-state index contributed by atoms with van der Waals surface area (Å²) in [6, 6.07) is 24.1. The summed E-state index contributed by atoms with van der Waals surface area (Å²) in [4.78, 5) is 24.4. The number of benzene rings is 3. The van der Waals surface area contributed by atoms with E-state index >= 15 is 0 Å². The smallest absolute Gasteiger partial charge is 0.272 e. The van der Waals surface area contributed by atoms with Gasteiger partial charge in [-0.3, -0.25) is 14.9 Å². The second-order valence-electron chi connectivity index (χ2n) is 9.85. The van der Waals surface area contributed by atoms with Gasteiger partial charge in [-0.1, -0.05) is 61.5 Å². The number of ether oxygens (including phenoxy) is 1. The lowest BCUT2D eigenvalue weighted by atomic mass is 9.95. The lowest BCUT2D eigenvalue weighted by Crippen LogP contribution is -2.39. The highest BCUT2D eigenvalue weighted by molar-refractivity contribution is 5.70. The molecular formula is C30H31FN2O3. The highest BCUT2D eigenvalue weighted by Crippen LogP contribution is 2.31. The lowest BCUT2D eigenvalue weighted by Gasteiger charge is -2.27.